The summed E-state index contributed by atoms with van der Waals surface area (Å²) in [6.07, 6.45) is 2.48. The molecule has 0 heterocycles. The zero-order valence-electron chi connectivity index (χ0n) is 21.5. The minimum Gasteiger partial charge on any atom is -0.418 e. The Morgan fingerprint density at radius 3 is 1.36 bits per heavy atom. The molecule has 33 heavy (non-hydrogen) atoms. The first kappa shape index (κ1) is 31.0. The molecule has 0 spiro atoms. The summed E-state index contributed by atoms with van der Waals surface area (Å²) in [6, 6.07) is 15.6. The summed E-state index contributed by atoms with van der Waals surface area (Å²) in [7, 11) is -3.58. The number of hydrogen-bond acceptors (Lipinski definition) is 2. The Morgan fingerprint density at radius 2 is 1.03 bits per heavy atom. The molecule has 0 saturated heterocycles. The minimum absolute atomic E-state index is 0. The highest BCUT2D eigenvalue weighted by Crippen LogP contribution is 2.43. The third-order valence-electron chi connectivity index (χ3n) is 4.26. The normalized spacial score (nSPS) is 11.2. The summed E-state index contributed by atoms with van der Waals surface area (Å²) in [5.41, 5.74) is 5.32. The van der Waals surface area contributed by atoms with E-state index in [0.717, 1.165) is 0 Å². The van der Waals surface area contributed by atoms with Gasteiger partial charge in [-0.3, -0.25) is 0 Å². The summed E-state index contributed by atoms with van der Waals surface area (Å²) in [6.45, 7) is 4.63. The highest BCUT2D eigenvalue weighted by atomic mass is 31.1. The molecule has 0 amide bonds. The van der Waals surface area contributed by atoms with Crippen molar-refractivity contribution in [1.82, 2.24) is 0 Å². The smallest absolute Gasteiger partial charge is 0.418 e. The Bertz CT molecular complexity index is 802. The van der Waals surface area contributed by atoms with E-state index in [4.69, 9.17) is 0 Å². The van der Waals surface area contributed by atoms with E-state index in [9.17, 15) is 34.5 Å². The number of benzene rings is 2. The van der Waals surface area contributed by atoms with Gasteiger partial charge in [0.2, 0.25) is 0 Å². The van der Waals surface area contributed by atoms with Crippen LogP contribution in [0.1, 0.15) is 16.7 Å². The molecule has 0 N–H and O–H groups in total. The zero-order chi connectivity index (χ0) is 26.0. The molecule has 2 aromatic carbocycles. The fourth-order valence-electron chi connectivity index (χ4n) is 3.07. The van der Waals surface area contributed by atoms with Gasteiger partial charge in [-0.2, -0.15) is 0 Å². The van der Waals surface area contributed by atoms with Gasteiger partial charge < -0.3 is 44.3 Å². The molecule has 0 saturated carbocycles. The predicted molar refractivity (Wildman–Crippen MR) is 131 cm³/mol. The predicted octanol–water partition coefficient (Wildman–Crippen LogP) is 7.46. The summed E-state index contributed by atoms with van der Waals surface area (Å²) in [5, 5.41) is 1.53. The maximum Gasteiger partial charge on any atom is 1.00 e. The first-order valence-electron chi connectivity index (χ1n) is 10.1. The van der Waals surface area contributed by atoms with Crippen molar-refractivity contribution in [1.29, 1.82) is 0 Å². The van der Waals surface area contributed by atoms with Gasteiger partial charge in [-0.15, -0.1) is 0 Å². The maximum atomic E-state index is 9.75. The van der Waals surface area contributed by atoms with Crippen molar-refractivity contribution in [3.05, 3.63) is 42.5 Å². The highest BCUT2D eigenvalue weighted by molar-refractivity contribution is 7.65. The maximum absolute atomic E-state index is 9.75. The van der Waals surface area contributed by atoms with E-state index in [0.29, 0.717) is 0 Å². The average Bonchev–Trinajstić information content (AvgIpc) is 2.66. The Morgan fingerprint density at radius 1 is 0.667 bits per heavy atom. The Balaban J connectivity index is -0.000000725. The lowest BCUT2D eigenvalue weighted by Crippen LogP contribution is -2.17. The summed E-state index contributed by atoms with van der Waals surface area (Å²) >= 11 is 0. The van der Waals surface area contributed by atoms with Crippen LogP contribution < -0.4 is 15.1 Å². The fourth-order valence-corrected chi connectivity index (χ4v) is 5.03. The summed E-state index contributed by atoms with van der Waals surface area (Å²) < 4.78 is 78.0. The second-order valence-corrected chi connectivity index (χ2v) is 9.97. The standard InChI is InChI=1S/C20H29N2P.2BF4/c1-7-23(8-2)19-15-10-9-12-16(19)20-17(21(3)4)13-11-14-18(20)22(5)6;2*2-1(3,4)5/h9-15H,7-8H2,1-6H3;;/q;2*-1/p+2. The molecule has 0 aliphatic rings. The van der Waals surface area contributed by atoms with Crippen LogP contribution in [0.4, 0.5) is 45.9 Å². The van der Waals surface area contributed by atoms with Gasteiger partial charge >= 0.3 is 17.4 Å². The van der Waals surface area contributed by atoms with Crippen LogP contribution in [0.2, 0.25) is 0 Å². The molecule has 0 fully saturated rings. The Kier molecular flexibility index (Phi) is 12.9. The van der Waals surface area contributed by atoms with Crippen molar-refractivity contribution in [2.45, 2.75) is 13.8 Å². The second-order valence-electron chi connectivity index (χ2n) is 7.14. The number of anilines is 2. The van der Waals surface area contributed by atoms with Crippen molar-refractivity contribution < 1.29 is 37.4 Å². The lowest BCUT2D eigenvalue weighted by Gasteiger charge is -2.27. The first-order valence-corrected chi connectivity index (χ1v) is 11.8. The van der Waals surface area contributed by atoms with Gasteiger partial charge in [-0.05, 0) is 35.3 Å². The molecular formula is C20H31B2F8N2P. The van der Waals surface area contributed by atoms with Crippen LogP contribution >= 0.6 is 7.92 Å². The molecule has 188 valence electrons. The third-order valence-corrected chi connectivity index (χ3v) is 6.86. The molecule has 0 aromatic heterocycles. The monoisotopic (exact) mass is 504 g/mol. The van der Waals surface area contributed by atoms with Gasteiger partial charge in [0.15, 0.2) is 0 Å². The lowest BCUT2D eigenvalue weighted by atomic mass is 10.00. The molecular weight excluding hydrogens is 473 g/mol. The van der Waals surface area contributed by atoms with Crippen molar-refractivity contribution in [3.8, 4) is 11.1 Å². The van der Waals surface area contributed by atoms with Crippen molar-refractivity contribution in [3.63, 3.8) is 0 Å². The highest BCUT2D eigenvalue weighted by Gasteiger charge is 2.21. The van der Waals surface area contributed by atoms with Crippen LogP contribution in [0.5, 0.6) is 0 Å². The van der Waals surface area contributed by atoms with E-state index >= 15 is 0 Å². The molecule has 0 radical (unpaired) electrons. The van der Waals surface area contributed by atoms with Gasteiger partial charge in [0.05, 0.1) is 0 Å². The van der Waals surface area contributed by atoms with E-state index in [1.165, 1.54) is 40.1 Å². The summed E-state index contributed by atoms with van der Waals surface area (Å²) in [4.78, 5) is 4.44. The molecule has 0 bridgehead atoms. The van der Waals surface area contributed by atoms with E-state index in [-0.39, 0.29) is 10.8 Å². The van der Waals surface area contributed by atoms with Gasteiger partial charge in [-0.1, -0.05) is 52.1 Å². The van der Waals surface area contributed by atoms with E-state index in [1.54, 1.807) is 0 Å². The van der Waals surface area contributed by atoms with Gasteiger partial charge in [0.25, 0.3) is 0 Å². The molecule has 0 unspecified atom stereocenters. The van der Waals surface area contributed by atoms with Gasteiger partial charge in [0.1, 0.15) is 0 Å². The Labute approximate surface area is 194 Å². The molecule has 2 nitrogen and oxygen atoms in total. The quantitative estimate of drug-likeness (QED) is 0.229. The number of hydrogen-bond donors (Lipinski definition) is 0. The molecule has 2 aromatic rings. The van der Waals surface area contributed by atoms with Crippen molar-refractivity contribution in [2.24, 2.45) is 0 Å². The molecule has 13 heteroatoms. The van der Waals surface area contributed by atoms with Crippen LogP contribution in [-0.2, 0) is 0 Å². The number of rotatable bonds is 6. The Hall–Kier alpha value is -1.96. The number of nitrogens with zero attached hydrogens (tertiary/aromatic N) is 2. The van der Waals surface area contributed by atoms with Gasteiger partial charge in [0, 0.05) is 45.1 Å². The van der Waals surface area contributed by atoms with E-state index in [2.05, 4.69) is 94.3 Å². The van der Waals surface area contributed by atoms with Crippen LogP contribution in [0.25, 0.3) is 11.1 Å². The molecule has 0 aliphatic carbocycles. The largest absolute Gasteiger partial charge is 1.00 e. The second kappa shape index (κ2) is 13.7. The SMILES string of the molecule is CCP(CC)c1ccccc1-c1c(N(C)C)cccc1N(C)C.F[B-](F)(F)F.F[B-](F)(F)F.[H+].[H+]. The van der Waals surface area contributed by atoms with E-state index < -0.39 is 14.5 Å². The molecule has 0 aliphatic heterocycles. The number of halogens is 8. The van der Waals surface area contributed by atoms with Crippen LogP contribution in [0, 0.1) is 0 Å². The zero-order valence-corrected chi connectivity index (χ0v) is 20.4. The van der Waals surface area contributed by atoms with Crippen LogP contribution in [0.15, 0.2) is 42.5 Å². The van der Waals surface area contributed by atoms with Gasteiger partial charge in [-0.25, -0.2) is 0 Å². The lowest BCUT2D eigenvalue weighted by molar-refractivity contribution is 0.366. The van der Waals surface area contributed by atoms with Crippen molar-refractivity contribution in [2.75, 3.05) is 50.3 Å². The molecule has 0 atom stereocenters. The van der Waals surface area contributed by atoms with Crippen molar-refractivity contribution >= 4 is 39.1 Å². The fraction of sp³-hybridized carbons (Fsp3) is 0.400. The minimum atomic E-state index is -6.00. The summed E-state index contributed by atoms with van der Waals surface area (Å²) in [5.74, 6) is 0. The first-order chi connectivity index (χ1) is 15.0. The van der Waals surface area contributed by atoms with Crippen LogP contribution in [0.3, 0.4) is 0 Å². The molecule has 2 rings (SSSR count). The van der Waals surface area contributed by atoms with Crippen LogP contribution in [-0.4, -0.2) is 55.0 Å². The third kappa shape index (κ3) is 12.7. The average molecular weight is 504 g/mol. The van der Waals surface area contributed by atoms with E-state index in [1.807, 2.05) is 0 Å². The topological polar surface area (TPSA) is 6.48 Å².